The van der Waals surface area contributed by atoms with Crippen molar-refractivity contribution in [1.29, 1.82) is 0 Å². The van der Waals surface area contributed by atoms with E-state index in [1.807, 2.05) is 0 Å². The van der Waals surface area contributed by atoms with Crippen LogP contribution in [0, 0.1) is 0 Å². The van der Waals surface area contributed by atoms with Crippen LogP contribution in [-0.4, -0.2) is 17.3 Å². The molecule has 2 rings (SSSR count). The van der Waals surface area contributed by atoms with Gasteiger partial charge in [0.2, 0.25) is 0 Å². The number of aliphatic hydroxyl groups is 1. The first kappa shape index (κ1) is 12.1. The van der Waals surface area contributed by atoms with Crippen molar-refractivity contribution in [2.24, 2.45) is 0 Å². The first-order valence-corrected chi connectivity index (χ1v) is 7.13. The fourth-order valence-corrected chi connectivity index (χ4v) is 3.17. The SMILES string of the molecule is C[C@@H](NC1CCCCCC1O)c1cccs1. The van der Waals surface area contributed by atoms with Crippen LogP contribution in [-0.2, 0) is 0 Å². The van der Waals surface area contributed by atoms with Crippen molar-refractivity contribution in [3.8, 4) is 0 Å². The molecule has 1 fully saturated rings. The molecule has 1 aromatic rings. The maximum absolute atomic E-state index is 10.0. The van der Waals surface area contributed by atoms with Gasteiger partial charge in [-0.15, -0.1) is 11.3 Å². The molecule has 0 aliphatic heterocycles. The zero-order valence-electron chi connectivity index (χ0n) is 9.86. The molecule has 3 heteroatoms. The summed E-state index contributed by atoms with van der Waals surface area (Å²) in [5.74, 6) is 0. The molecule has 2 unspecified atom stereocenters. The zero-order valence-corrected chi connectivity index (χ0v) is 10.7. The Morgan fingerprint density at radius 2 is 2.19 bits per heavy atom. The Morgan fingerprint density at radius 1 is 1.38 bits per heavy atom. The van der Waals surface area contributed by atoms with Gasteiger partial charge in [0.05, 0.1) is 6.10 Å². The van der Waals surface area contributed by atoms with Crippen LogP contribution < -0.4 is 5.32 Å². The fraction of sp³-hybridized carbons (Fsp3) is 0.692. The summed E-state index contributed by atoms with van der Waals surface area (Å²) < 4.78 is 0. The van der Waals surface area contributed by atoms with E-state index >= 15 is 0 Å². The summed E-state index contributed by atoms with van der Waals surface area (Å²) in [6.07, 6.45) is 5.58. The summed E-state index contributed by atoms with van der Waals surface area (Å²) in [7, 11) is 0. The van der Waals surface area contributed by atoms with E-state index in [-0.39, 0.29) is 12.1 Å². The Bertz CT molecular complexity index is 299. The van der Waals surface area contributed by atoms with Crippen LogP contribution in [0.2, 0.25) is 0 Å². The van der Waals surface area contributed by atoms with Crippen LogP contribution in [0.4, 0.5) is 0 Å². The van der Waals surface area contributed by atoms with E-state index in [0.717, 1.165) is 12.8 Å². The molecule has 1 aromatic heterocycles. The lowest BCUT2D eigenvalue weighted by atomic mass is 10.0. The predicted molar refractivity (Wildman–Crippen MR) is 68.7 cm³/mol. The lowest BCUT2D eigenvalue weighted by Crippen LogP contribution is -2.40. The smallest absolute Gasteiger partial charge is 0.0693 e. The second-order valence-electron chi connectivity index (χ2n) is 4.72. The molecule has 1 aliphatic carbocycles. The van der Waals surface area contributed by atoms with E-state index in [4.69, 9.17) is 0 Å². The molecule has 0 aromatic carbocycles. The van der Waals surface area contributed by atoms with Crippen LogP contribution in [0.5, 0.6) is 0 Å². The van der Waals surface area contributed by atoms with Gasteiger partial charge in [-0.1, -0.05) is 25.3 Å². The summed E-state index contributed by atoms with van der Waals surface area (Å²) in [4.78, 5) is 1.36. The van der Waals surface area contributed by atoms with Gasteiger partial charge in [0.25, 0.3) is 0 Å². The first-order valence-electron chi connectivity index (χ1n) is 6.25. The first-order chi connectivity index (χ1) is 7.77. The molecular weight excluding hydrogens is 218 g/mol. The van der Waals surface area contributed by atoms with E-state index in [2.05, 4.69) is 29.8 Å². The van der Waals surface area contributed by atoms with Crippen molar-refractivity contribution < 1.29 is 5.11 Å². The van der Waals surface area contributed by atoms with Gasteiger partial charge in [0, 0.05) is 17.0 Å². The highest BCUT2D eigenvalue weighted by Crippen LogP contribution is 2.23. The van der Waals surface area contributed by atoms with Crippen molar-refractivity contribution >= 4 is 11.3 Å². The number of rotatable bonds is 3. The molecule has 90 valence electrons. The lowest BCUT2D eigenvalue weighted by Gasteiger charge is -2.25. The average molecular weight is 239 g/mol. The Labute approximate surface area is 102 Å². The molecule has 0 spiro atoms. The quantitative estimate of drug-likeness (QED) is 0.794. The normalized spacial score (nSPS) is 28.6. The maximum Gasteiger partial charge on any atom is 0.0693 e. The van der Waals surface area contributed by atoms with Crippen LogP contribution in [0.25, 0.3) is 0 Å². The molecule has 0 bridgehead atoms. The minimum Gasteiger partial charge on any atom is -0.392 e. The summed E-state index contributed by atoms with van der Waals surface area (Å²) in [6.45, 7) is 2.18. The fourth-order valence-electron chi connectivity index (χ4n) is 2.42. The van der Waals surface area contributed by atoms with Crippen molar-refractivity contribution in [2.45, 2.75) is 57.2 Å². The predicted octanol–water partition coefficient (Wildman–Crippen LogP) is 3.09. The summed E-state index contributed by atoms with van der Waals surface area (Å²) in [5.41, 5.74) is 0. The van der Waals surface area contributed by atoms with Crippen LogP contribution >= 0.6 is 11.3 Å². The number of nitrogens with one attached hydrogen (secondary N) is 1. The second kappa shape index (κ2) is 5.80. The van der Waals surface area contributed by atoms with Crippen molar-refractivity contribution in [3.63, 3.8) is 0 Å². The minimum absolute atomic E-state index is 0.162. The third-order valence-electron chi connectivity index (χ3n) is 3.41. The number of hydrogen-bond donors (Lipinski definition) is 2. The summed E-state index contributed by atoms with van der Waals surface area (Å²) in [6, 6.07) is 4.88. The second-order valence-corrected chi connectivity index (χ2v) is 5.69. The molecule has 16 heavy (non-hydrogen) atoms. The van der Waals surface area contributed by atoms with Crippen LogP contribution in [0.15, 0.2) is 17.5 Å². The number of hydrogen-bond acceptors (Lipinski definition) is 3. The van der Waals surface area contributed by atoms with Crippen LogP contribution in [0.1, 0.15) is 49.9 Å². The van der Waals surface area contributed by atoms with Gasteiger partial charge < -0.3 is 10.4 Å². The Morgan fingerprint density at radius 3 is 2.94 bits per heavy atom. The van der Waals surface area contributed by atoms with Gasteiger partial charge in [-0.3, -0.25) is 0 Å². The maximum atomic E-state index is 10.0. The molecule has 2 N–H and O–H groups in total. The number of aliphatic hydroxyl groups excluding tert-OH is 1. The van der Waals surface area contributed by atoms with Crippen molar-refractivity contribution in [1.82, 2.24) is 5.32 Å². The highest BCUT2D eigenvalue weighted by molar-refractivity contribution is 7.10. The summed E-state index contributed by atoms with van der Waals surface area (Å²) in [5, 5.41) is 15.7. The highest BCUT2D eigenvalue weighted by Gasteiger charge is 2.23. The third-order valence-corrected chi connectivity index (χ3v) is 4.47. The van der Waals surface area contributed by atoms with Gasteiger partial charge in [0.15, 0.2) is 0 Å². The van der Waals surface area contributed by atoms with Crippen molar-refractivity contribution in [3.05, 3.63) is 22.4 Å². The van der Waals surface area contributed by atoms with E-state index in [0.29, 0.717) is 6.04 Å². The lowest BCUT2D eigenvalue weighted by molar-refractivity contribution is 0.115. The molecule has 0 amide bonds. The molecule has 0 radical (unpaired) electrons. The van der Waals surface area contributed by atoms with E-state index < -0.39 is 0 Å². The van der Waals surface area contributed by atoms with Gasteiger partial charge in [-0.25, -0.2) is 0 Å². The van der Waals surface area contributed by atoms with E-state index in [1.165, 1.54) is 24.1 Å². The molecule has 3 atom stereocenters. The average Bonchev–Trinajstić information content (AvgIpc) is 2.73. The minimum atomic E-state index is -0.162. The Kier molecular flexibility index (Phi) is 4.38. The third kappa shape index (κ3) is 3.06. The molecule has 1 saturated carbocycles. The van der Waals surface area contributed by atoms with Gasteiger partial charge in [0.1, 0.15) is 0 Å². The Balaban J connectivity index is 1.92. The molecular formula is C13H21NOS. The standard InChI is InChI=1S/C13H21NOS/c1-10(13-8-5-9-16-13)14-11-6-3-2-4-7-12(11)15/h5,8-12,14-15H,2-4,6-7H2,1H3/t10-,11?,12?/m1/s1. The van der Waals surface area contributed by atoms with Gasteiger partial charge in [-0.2, -0.15) is 0 Å². The monoisotopic (exact) mass is 239 g/mol. The van der Waals surface area contributed by atoms with Crippen molar-refractivity contribution in [2.75, 3.05) is 0 Å². The molecule has 1 heterocycles. The van der Waals surface area contributed by atoms with E-state index in [1.54, 1.807) is 11.3 Å². The topological polar surface area (TPSA) is 32.3 Å². The highest BCUT2D eigenvalue weighted by atomic mass is 32.1. The molecule has 1 aliphatic rings. The Hall–Kier alpha value is -0.380. The van der Waals surface area contributed by atoms with Gasteiger partial charge >= 0.3 is 0 Å². The van der Waals surface area contributed by atoms with Crippen LogP contribution in [0.3, 0.4) is 0 Å². The number of thiophene rings is 1. The molecule has 2 nitrogen and oxygen atoms in total. The molecule has 0 saturated heterocycles. The summed E-state index contributed by atoms with van der Waals surface area (Å²) >= 11 is 1.78. The van der Waals surface area contributed by atoms with Gasteiger partial charge in [-0.05, 0) is 31.2 Å². The largest absolute Gasteiger partial charge is 0.392 e. The van der Waals surface area contributed by atoms with E-state index in [9.17, 15) is 5.11 Å². The zero-order chi connectivity index (χ0) is 11.4.